The fraction of sp³-hybridized carbons (Fsp3) is 0.333. The fourth-order valence-electron chi connectivity index (χ4n) is 1.25. The summed E-state index contributed by atoms with van der Waals surface area (Å²) in [7, 11) is 0. The number of anilines is 1. The molecule has 1 aromatic carbocycles. The van der Waals surface area contributed by atoms with E-state index in [0.29, 0.717) is 0 Å². The lowest BCUT2D eigenvalue weighted by Crippen LogP contribution is -2.27. The minimum atomic E-state index is -1.32. The van der Waals surface area contributed by atoms with Crippen LogP contribution in [0.2, 0.25) is 5.02 Å². The normalized spacial score (nSPS) is 10.9. The van der Waals surface area contributed by atoms with Gasteiger partial charge in [-0.2, -0.15) is 0 Å². The molecule has 0 saturated carbocycles. The Morgan fingerprint density at radius 2 is 1.89 bits per heavy atom. The monoisotopic (exact) mass is 287 g/mol. The van der Waals surface area contributed by atoms with E-state index in [-0.39, 0.29) is 16.3 Å². The number of hydrogen-bond acceptors (Lipinski definition) is 4. The van der Waals surface area contributed by atoms with Crippen LogP contribution in [0.3, 0.4) is 0 Å². The van der Waals surface area contributed by atoms with Crippen molar-refractivity contribution in [3.05, 3.63) is 22.7 Å². The number of carboxylic acid groups (broad SMARTS) is 1. The van der Waals surface area contributed by atoms with Gasteiger partial charge in [0.05, 0.1) is 5.69 Å². The van der Waals surface area contributed by atoms with Crippen LogP contribution in [0, 0.1) is 0 Å². The topological polar surface area (TPSA) is 95.9 Å². The first-order chi connectivity index (χ1) is 8.61. The minimum Gasteiger partial charge on any atom is -0.505 e. The number of aromatic carboxylic acids is 1. The standard InChI is InChI=1S/C12H14ClNO5/c1-12(2,3)19-11(18)14-7-5-4-6(10(16)17)9(15)8(7)13/h4-5,15H,1-3H3,(H,14,18)(H,16,17). The Balaban J connectivity index is 2.95. The van der Waals surface area contributed by atoms with Gasteiger partial charge >= 0.3 is 12.1 Å². The number of halogens is 1. The van der Waals surface area contributed by atoms with E-state index < -0.39 is 23.4 Å². The number of phenols is 1. The Morgan fingerprint density at radius 1 is 1.32 bits per heavy atom. The Morgan fingerprint density at radius 3 is 2.37 bits per heavy atom. The van der Waals surface area contributed by atoms with Crippen molar-refractivity contribution in [3.63, 3.8) is 0 Å². The predicted molar refractivity (Wildman–Crippen MR) is 69.9 cm³/mol. The van der Waals surface area contributed by atoms with E-state index in [1.165, 1.54) is 6.07 Å². The first-order valence-corrected chi connectivity index (χ1v) is 5.74. The Kier molecular flexibility index (Phi) is 4.26. The van der Waals surface area contributed by atoms with Crippen LogP contribution in [-0.4, -0.2) is 27.9 Å². The van der Waals surface area contributed by atoms with Crippen molar-refractivity contribution < 1.29 is 24.5 Å². The van der Waals surface area contributed by atoms with Gasteiger partial charge in [0.25, 0.3) is 0 Å². The van der Waals surface area contributed by atoms with Gasteiger partial charge in [0, 0.05) is 0 Å². The van der Waals surface area contributed by atoms with E-state index in [0.717, 1.165) is 6.07 Å². The molecule has 0 spiro atoms. The van der Waals surface area contributed by atoms with E-state index in [2.05, 4.69) is 5.32 Å². The van der Waals surface area contributed by atoms with Gasteiger partial charge in [-0.25, -0.2) is 9.59 Å². The number of rotatable bonds is 2. The molecule has 0 saturated heterocycles. The smallest absolute Gasteiger partial charge is 0.412 e. The summed E-state index contributed by atoms with van der Waals surface area (Å²) in [6, 6.07) is 2.41. The highest BCUT2D eigenvalue weighted by Crippen LogP contribution is 2.34. The zero-order chi connectivity index (χ0) is 14.8. The van der Waals surface area contributed by atoms with Gasteiger partial charge in [0.2, 0.25) is 0 Å². The number of ether oxygens (including phenoxy) is 1. The van der Waals surface area contributed by atoms with E-state index in [1.54, 1.807) is 20.8 Å². The third-order valence-electron chi connectivity index (χ3n) is 1.98. The lowest BCUT2D eigenvalue weighted by atomic mass is 10.2. The predicted octanol–water partition coefficient (Wildman–Crippen LogP) is 3.09. The molecule has 0 bridgehead atoms. The lowest BCUT2D eigenvalue weighted by Gasteiger charge is -2.20. The van der Waals surface area contributed by atoms with Crippen LogP contribution in [0.5, 0.6) is 5.75 Å². The maximum atomic E-state index is 11.5. The van der Waals surface area contributed by atoms with Crippen molar-refractivity contribution >= 4 is 29.4 Å². The number of nitrogens with one attached hydrogen (secondary N) is 1. The number of hydrogen-bond donors (Lipinski definition) is 3. The van der Waals surface area contributed by atoms with Crippen LogP contribution in [0.15, 0.2) is 12.1 Å². The molecule has 0 aromatic heterocycles. The van der Waals surface area contributed by atoms with Crippen molar-refractivity contribution in [2.75, 3.05) is 5.32 Å². The zero-order valence-corrected chi connectivity index (χ0v) is 11.4. The number of aromatic hydroxyl groups is 1. The van der Waals surface area contributed by atoms with Crippen LogP contribution >= 0.6 is 11.6 Å². The summed E-state index contributed by atoms with van der Waals surface area (Å²) in [5, 5.41) is 20.4. The largest absolute Gasteiger partial charge is 0.505 e. The Labute approximate surface area is 114 Å². The highest BCUT2D eigenvalue weighted by Gasteiger charge is 2.20. The van der Waals surface area contributed by atoms with Crippen LogP contribution < -0.4 is 5.32 Å². The summed E-state index contributed by atoms with van der Waals surface area (Å²) < 4.78 is 5.01. The molecule has 0 aliphatic rings. The number of carboxylic acids is 1. The molecular weight excluding hydrogens is 274 g/mol. The first-order valence-electron chi connectivity index (χ1n) is 5.36. The summed E-state index contributed by atoms with van der Waals surface area (Å²) in [5.41, 5.74) is -0.960. The lowest BCUT2D eigenvalue weighted by molar-refractivity contribution is 0.0634. The minimum absolute atomic E-state index is 0.0680. The van der Waals surface area contributed by atoms with E-state index in [9.17, 15) is 14.7 Å². The number of carbonyl (C=O) groups is 2. The highest BCUT2D eigenvalue weighted by molar-refractivity contribution is 6.35. The van der Waals surface area contributed by atoms with Gasteiger partial charge in [0.15, 0.2) is 5.75 Å². The quantitative estimate of drug-likeness (QED) is 0.777. The van der Waals surface area contributed by atoms with Crippen molar-refractivity contribution in [1.29, 1.82) is 0 Å². The van der Waals surface area contributed by atoms with E-state index >= 15 is 0 Å². The van der Waals surface area contributed by atoms with Gasteiger partial charge in [-0.1, -0.05) is 11.6 Å². The fourth-order valence-corrected chi connectivity index (χ4v) is 1.46. The highest BCUT2D eigenvalue weighted by atomic mass is 35.5. The molecule has 0 heterocycles. The van der Waals surface area contributed by atoms with Crippen molar-refractivity contribution in [1.82, 2.24) is 0 Å². The molecule has 19 heavy (non-hydrogen) atoms. The van der Waals surface area contributed by atoms with Gasteiger partial charge < -0.3 is 14.9 Å². The first kappa shape index (κ1) is 15.1. The number of amides is 1. The molecule has 0 radical (unpaired) electrons. The van der Waals surface area contributed by atoms with Gasteiger partial charge in [-0.15, -0.1) is 0 Å². The van der Waals surface area contributed by atoms with E-state index in [4.69, 9.17) is 21.4 Å². The van der Waals surface area contributed by atoms with Gasteiger partial charge in [-0.3, -0.25) is 5.32 Å². The summed E-state index contributed by atoms with van der Waals surface area (Å²) >= 11 is 5.77. The molecule has 3 N–H and O–H groups in total. The third kappa shape index (κ3) is 4.03. The summed E-state index contributed by atoms with van der Waals surface area (Å²) in [4.78, 5) is 22.3. The van der Waals surface area contributed by atoms with Crippen LogP contribution in [-0.2, 0) is 4.74 Å². The average molecular weight is 288 g/mol. The number of carbonyl (C=O) groups excluding carboxylic acids is 1. The second-order valence-corrected chi connectivity index (χ2v) is 5.13. The zero-order valence-electron chi connectivity index (χ0n) is 10.7. The molecule has 0 unspecified atom stereocenters. The van der Waals surface area contributed by atoms with Crippen LogP contribution in [0.25, 0.3) is 0 Å². The van der Waals surface area contributed by atoms with Crippen LogP contribution in [0.1, 0.15) is 31.1 Å². The molecule has 7 heteroatoms. The summed E-state index contributed by atoms with van der Waals surface area (Å²) in [6.07, 6.45) is -0.753. The second kappa shape index (κ2) is 5.36. The van der Waals surface area contributed by atoms with Gasteiger partial charge in [0.1, 0.15) is 16.2 Å². The molecule has 0 aliphatic carbocycles. The average Bonchev–Trinajstić information content (AvgIpc) is 2.21. The molecule has 1 aromatic rings. The maximum absolute atomic E-state index is 11.5. The molecule has 0 aliphatic heterocycles. The maximum Gasteiger partial charge on any atom is 0.412 e. The molecule has 1 amide bonds. The SMILES string of the molecule is CC(C)(C)OC(=O)Nc1ccc(C(=O)O)c(O)c1Cl. The van der Waals surface area contributed by atoms with Crippen molar-refractivity contribution in [3.8, 4) is 5.75 Å². The summed E-state index contributed by atoms with van der Waals surface area (Å²) in [6.45, 7) is 5.08. The Hall–Kier alpha value is -1.95. The molecule has 6 nitrogen and oxygen atoms in total. The van der Waals surface area contributed by atoms with Gasteiger partial charge in [-0.05, 0) is 32.9 Å². The third-order valence-corrected chi connectivity index (χ3v) is 2.36. The summed E-state index contributed by atoms with van der Waals surface area (Å²) in [5.74, 6) is -1.93. The number of benzene rings is 1. The second-order valence-electron chi connectivity index (χ2n) is 4.76. The Bertz CT molecular complexity index is 522. The van der Waals surface area contributed by atoms with E-state index in [1.807, 2.05) is 0 Å². The molecule has 0 fully saturated rings. The van der Waals surface area contributed by atoms with Crippen LogP contribution in [0.4, 0.5) is 10.5 Å². The van der Waals surface area contributed by atoms with Crippen molar-refractivity contribution in [2.24, 2.45) is 0 Å². The van der Waals surface area contributed by atoms with Crippen molar-refractivity contribution in [2.45, 2.75) is 26.4 Å². The molecule has 0 atom stereocenters. The molecular formula is C12H14ClNO5. The molecule has 1 rings (SSSR count). The molecule has 104 valence electrons.